The minimum Gasteiger partial charge on any atom is -0.493 e. The third kappa shape index (κ3) is 5.21. The molecule has 0 radical (unpaired) electrons. The Bertz CT molecular complexity index is 1580. The summed E-state index contributed by atoms with van der Waals surface area (Å²) in [5.41, 5.74) is 1.31. The molecule has 0 bridgehead atoms. The van der Waals surface area contributed by atoms with E-state index in [-0.39, 0.29) is 11.1 Å². The molecule has 1 atom stereocenters. The van der Waals surface area contributed by atoms with Gasteiger partial charge >= 0.3 is 5.97 Å². The van der Waals surface area contributed by atoms with Gasteiger partial charge in [-0.25, -0.2) is 9.79 Å². The lowest BCUT2D eigenvalue weighted by Gasteiger charge is -2.23. The number of hydrogen-bond donors (Lipinski definition) is 0. The molecule has 4 rings (SSSR count). The van der Waals surface area contributed by atoms with Crippen molar-refractivity contribution in [2.45, 2.75) is 19.9 Å². The van der Waals surface area contributed by atoms with Gasteiger partial charge in [-0.2, -0.15) is 0 Å². The summed E-state index contributed by atoms with van der Waals surface area (Å²) in [5.74, 6) is 1.58. The average Bonchev–Trinajstić information content (AvgIpc) is 3.23. The van der Waals surface area contributed by atoms with E-state index in [1.807, 2.05) is 26.0 Å². The SMILES string of the molecule is CCOc1ccc([C@@H]2C(C(=O)OC)=CN=c3s/c(=C/c4cc(Br)c(OC)c(OC)c4)c(=O)n32)cc1OCC. The first kappa shape index (κ1) is 27.5. The molecule has 2 aromatic carbocycles. The first-order chi connectivity index (χ1) is 18.4. The maximum Gasteiger partial charge on any atom is 0.337 e. The van der Waals surface area contributed by atoms with E-state index in [9.17, 15) is 9.59 Å². The third-order valence-corrected chi connectivity index (χ3v) is 7.35. The lowest BCUT2D eigenvalue weighted by molar-refractivity contribution is -0.136. The molecule has 2 heterocycles. The summed E-state index contributed by atoms with van der Waals surface area (Å²) >= 11 is 4.71. The maximum atomic E-state index is 13.8. The van der Waals surface area contributed by atoms with Crippen molar-refractivity contribution >= 4 is 39.3 Å². The van der Waals surface area contributed by atoms with E-state index in [2.05, 4.69) is 20.9 Å². The van der Waals surface area contributed by atoms with Gasteiger partial charge in [-0.15, -0.1) is 0 Å². The first-order valence-corrected chi connectivity index (χ1v) is 13.4. The van der Waals surface area contributed by atoms with E-state index in [1.165, 1.54) is 29.2 Å². The zero-order valence-electron chi connectivity index (χ0n) is 21.6. The second-order valence-corrected chi connectivity index (χ2v) is 9.85. The van der Waals surface area contributed by atoms with Crippen LogP contribution in [0.2, 0.25) is 0 Å². The predicted molar refractivity (Wildman–Crippen MR) is 147 cm³/mol. The van der Waals surface area contributed by atoms with Crippen molar-refractivity contribution in [2.75, 3.05) is 34.5 Å². The van der Waals surface area contributed by atoms with Gasteiger partial charge in [-0.3, -0.25) is 9.36 Å². The quantitative estimate of drug-likeness (QED) is 0.345. The first-order valence-electron chi connectivity index (χ1n) is 11.8. The second kappa shape index (κ2) is 11.9. The van der Waals surface area contributed by atoms with Crippen molar-refractivity contribution in [2.24, 2.45) is 4.99 Å². The van der Waals surface area contributed by atoms with Gasteiger partial charge in [0.15, 0.2) is 27.8 Å². The van der Waals surface area contributed by atoms with Gasteiger partial charge in [0.05, 0.1) is 55.2 Å². The number of carbonyl (C=O) groups excluding carboxylic acids is 1. The van der Waals surface area contributed by atoms with E-state index >= 15 is 0 Å². The number of nitrogens with zero attached hydrogens (tertiary/aromatic N) is 2. The van der Waals surface area contributed by atoms with Crippen LogP contribution in [0.1, 0.15) is 31.0 Å². The van der Waals surface area contributed by atoms with Gasteiger partial charge in [0.25, 0.3) is 5.56 Å². The monoisotopic (exact) mass is 602 g/mol. The Morgan fingerprint density at radius 1 is 1.05 bits per heavy atom. The van der Waals surface area contributed by atoms with Crippen LogP contribution in [0.4, 0.5) is 0 Å². The van der Waals surface area contributed by atoms with Gasteiger partial charge in [0, 0.05) is 6.20 Å². The minimum absolute atomic E-state index is 0.229. The van der Waals surface area contributed by atoms with Crippen LogP contribution in [0.25, 0.3) is 6.08 Å². The van der Waals surface area contributed by atoms with Gasteiger partial charge in [0.1, 0.15) is 0 Å². The molecule has 200 valence electrons. The lowest BCUT2D eigenvalue weighted by atomic mass is 9.97. The van der Waals surface area contributed by atoms with Crippen LogP contribution >= 0.6 is 27.3 Å². The number of thiazole rings is 1. The second-order valence-electron chi connectivity index (χ2n) is 7.99. The Morgan fingerprint density at radius 3 is 2.45 bits per heavy atom. The molecule has 3 aromatic rings. The fourth-order valence-corrected chi connectivity index (χ4v) is 5.75. The number of benzene rings is 2. The molecule has 0 N–H and O–H groups in total. The molecule has 9 nitrogen and oxygen atoms in total. The molecule has 0 fully saturated rings. The van der Waals surface area contributed by atoms with E-state index < -0.39 is 12.0 Å². The third-order valence-electron chi connectivity index (χ3n) is 5.76. The van der Waals surface area contributed by atoms with Crippen LogP contribution in [0.15, 0.2) is 56.4 Å². The molecule has 1 aliphatic heterocycles. The molecule has 11 heteroatoms. The van der Waals surface area contributed by atoms with E-state index in [0.29, 0.717) is 55.6 Å². The summed E-state index contributed by atoms with van der Waals surface area (Å²) in [6.45, 7) is 4.65. The molecule has 0 aliphatic carbocycles. The van der Waals surface area contributed by atoms with Gasteiger partial charge in [-0.05, 0) is 71.2 Å². The number of halogens is 1. The van der Waals surface area contributed by atoms with Crippen molar-refractivity contribution in [1.82, 2.24) is 4.57 Å². The minimum atomic E-state index is -0.770. The summed E-state index contributed by atoms with van der Waals surface area (Å²) in [7, 11) is 4.39. The number of fused-ring (bicyclic) bond motifs is 1. The van der Waals surface area contributed by atoms with Crippen LogP contribution in [0.5, 0.6) is 23.0 Å². The number of ether oxygens (including phenoxy) is 5. The summed E-state index contributed by atoms with van der Waals surface area (Å²) in [4.78, 5) is 31.4. The average molecular weight is 603 g/mol. The fourth-order valence-electron chi connectivity index (χ4n) is 4.16. The van der Waals surface area contributed by atoms with Crippen molar-refractivity contribution in [1.29, 1.82) is 0 Å². The molecule has 1 aliphatic rings. The van der Waals surface area contributed by atoms with E-state index in [4.69, 9.17) is 23.7 Å². The maximum absolute atomic E-state index is 13.8. The Kier molecular flexibility index (Phi) is 8.58. The highest BCUT2D eigenvalue weighted by Crippen LogP contribution is 2.37. The molecular weight excluding hydrogens is 576 g/mol. The van der Waals surface area contributed by atoms with Gasteiger partial charge in [-0.1, -0.05) is 17.4 Å². The van der Waals surface area contributed by atoms with Crippen LogP contribution in [0, 0.1) is 0 Å². The molecule has 0 saturated heterocycles. The Hall–Kier alpha value is -3.57. The highest BCUT2D eigenvalue weighted by Gasteiger charge is 2.31. The van der Waals surface area contributed by atoms with E-state index in [1.54, 1.807) is 38.5 Å². The zero-order valence-corrected chi connectivity index (χ0v) is 24.0. The lowest BCUT2D eigenvalue weighted by Crippen LogP contribution is -2.39. The van der Waals surface area contributed by atoms with E-state index in [0.717, 1.165) is 5.56 Å². The number of rotatable bonds is 9. The van der Waals surface area contributed by atoms with Crippen molar-refractivity contribution in [3.8, 4) is 23.0 Å². The summed E-state index contributed by atoms with van der Waals surface area (Å²) in [6, 6.07) is 8.20. The molecule has 0 saturated carbocycles. The van der Waals surface area contributed by atoms with Crippen molar-refractivity contribution in [3.63, 3.8) is 0 Å². The smallest absolute Gasteiger partial charge is 0.337 e. The van der Waals surface area contributed by atoms with Crippen LogP contribution in [0.3, 0.4) is 0 Å². The molecule has 38 heavy (non-hydrogen) atoms. The highest BCUT2D eigenvalue weighted by atomic mass is 79.9. The Labute approximate surface area is 231 Å². The molecule has 0 amide bonds. The zero-order chi connectivity index (χ0) is 27.4. The van der Waals surface area contributed by atoms with Gasteiger partial charge in [0.2, 0.25) is 0 Å². The van der Waals surface area contributed by atoms with Crippen LogP contribution < -0.4 is 33.8 Å². The highest BCUT2D eigenvalue weighted by molar-refractivity contribution is 9.10. The summed E-state index contributed by atoms with van der Waals surface area (Å²) in [5, 5.41) is 0. The normalized spacial score (nSPS) is 14.7. The Balaban J connectivity index is 1.91. The largest absolute Gasteiger partial charge is 0.493 e. The molecular formula is C27H27BrN2O7S. The topological polar surface area (TPSA) is 97.6 Å². The number of hydrogen-bond acceptors (Lipinski definition) is 9. The van der Waals surface area contributed by atoms with Crippen LogP contribution in [-0.2, 0) is 9.53 Å². The van der Waals surface area contributed by atoms with Crippen molar-refractivity contribution < 1.29 is 28.5 Å². The molecule has 0 spiro atoms. The number of methoxy groups -OCH3 is 3. The predicted octanol–water partition coefficient (Wildman–Crippen LogP) is 3.60. The molecule has 1 aromatic heterocycles. The number of aromatic nitrogens is 1. The number of carbonyl (C=O) groups is 1. The van der Waals surface area contributed by atoms with Crippen molar-refractivity contribution in [3.05, 3.63) is 77.4 Å². The summed E-state index contributed by atoms with van der Waals surface area (Å²) in [6.07, 6.45) is 3.20. The standard InChI is InChI=1S/C27H27BrN2O7S/c1-6-36-19-9-8-16(13-20(19)37-7-2)23-17(26(32)35-5)14-29-27-30(23)25(31)22(38-27)12-15-10-18(28)24(34-4)21(11-15)33-3/h8-14,23H,6-7H2,1-5H3/b22-12+/t23-/m1/s1. The van der Waals surface area contributed by atoms with Gasteiger partial charge < -0.3 is 23.7 Å². The van der Waals surface area contributed by atoms with Crippen LogP contribution in [-0.4, -0.2) is 45.1 Å². The Morgan fingerprint density at radius 2 is 1.79 bits per heavy atom. The number of esters is 1. The summed E-state index contributed by atoms with van der Waals surface area (Å²) < 4.78 is 30.0. The fraction of sp³-hybridized carbons (Fsp3) is 0.296. The molecule has 0 unspecified atom stereocenters.